The van der Waals surface area contributed by atoms with Crippen molar-refractivity contribution in [2.24, 2.45) is 5.10 Å². The van der Waals surface area contributed by atoms with Gasteiger partial charge >= 0.3 is 0 Å². The molecule has 2 heterocycles. The van der Waals surface area contributed by atoms with Crippen LogP contribution in [0.4, 0.5) is 0 Å². The van der Waals surface area contributed by atoms with E-state index in [0.29, 0.717) is 40.4 Å². The lowest BCUT2D eigenvalue weighted by atomic mass is 10.2. The van der Waals surface area contributed by atoms with E-state index in [1.807, 2.05) is 97.1 Å². The number of hydrogen-bond acceptors (Lipinski definition) is 5. The third-order valence-corrected chi connectivity index (χ3v) is 6.47. The maximum Gasteiger partial charge on any atom is 0.282 e. The fraction of sp³-hybridized carbons (Fsp3) is 0.0333. The van der Waals surface area contributed by atoms with Crippen LogP contribution in [0.1, 0.15) is 11.1 Å². The van der Waals surface area contributed by atoms with Crippen molar-refractivity contribution in [3.63, 3.8) is 0 Å². The van der Waals surface area contributed by atoms with E-state index in [0.717, 1.165) is 21.0 Å². The van der Waals surface area contributed by atoms with Gasteiger partial charge in [-0.3, -0.25) is 4.79 Å². The molecule has 0 N–H and O–H groups in total. The standard InChI is InChI=1S/C30H20BrN3O3/c31-23-15-13-20(14-16-23)19-36-26-11-5-2-8-22(26)18-32-34-29(28-17-21-7-1-6-12-27(21)37-28)33-25-10-4-3-9-24(25)30(34)35/h1-18H,19H2. The Morgan fingerprint density at radius 3 is 2.54 bits per heavy atom. The molecule has 180 valence electrons. The summed E-state index contributed by atoms with van der Waals surface area (Å²) in [6.07, 6.45) is 1.61. The van der Waals surface area contributed by atoms with Crippen LogP contribution < -0.4 is 10.3 Å². The Balaban J connectivity index is 1.41. The SMILES string of the molecule is O=c1c2ccccc2nc(-c2cc3ccccc3o2)n1N=Cc1ccccc1OCc1ccc(Br)cc1. The second-order valence-corrected chi connectivity index (χ2v) is 9.33. The van der Waals surface area contributed by atoms with E-state index in [1.165, 1.54) is 4.68 Å². The molecule has 6 aromatic rings. The van der Waals surface area contributed by atoms with Crippen molar-refractivity contribution in [2.75, 3.05) is 0 Å². The number of hydrogen-bond donors (Lipinski definition) is 0. The van der Waals surface area contributed by atoms with E-state index in [9.17, 15) is 4.79 Å². The quantitative estimate of drug-likeness (QED) is 0.209. The summed E-state index contributed by atoms with van der Waals surface area (Å²) in [5.74, 6) is 1.44. The molecule has 0 saturated heterocycles. The summed E-state index contributed by atoms with van der Waals surface area (Å²) in [5, 5.41) is 5.96. The number of furan rings is 1. The van der Waals surface area contributed by atoms with Gasteiger partial charge in [-0.2, -0.15) is 9.78 Å². The van der Waals surface area contributed by atoms with Gasteiger partial charge in [0.05, 0.1) is 17.1 Å². The van der Waals surface area contributed by atoms with Gasteiger partial charge in [0.15, 0.2) is 5.76 Å². The van der Waals surface area contributed by atoms with Crippen molar-refractivity contribution >= 4 is 44.0 Å². The van der Waals surface area contributed by atoms with Crippen LogP contribution in [0, 0.1) is 0 Å². The summed E-state index contributed by atoms with van der Waals surface area (Å²) >= 11 is 3.45. The van der Waals surface area contributed by atoms with E-state index in [4.69, 9.17) is 14.1 Å². The molecule has 0 spiro atoms. The summed E-state index contributed by atoms with van der Waals surface area (Å²) in [5.41, 5.74) is 2.77. The Morgan fingerprint density at radius 1 is 0.919 bits per heavy atom. The van der Waals surface area contributed by atoms with Crippen LogP contribution >= 0.6 is 15.9 Å². The van der Waals surface area contributed by atoms with Gasteiger partial charge < -0.3 is 9.15 Å². The first-order chi connectivity index (χ1) is 18.2. The highest BCUT2D eigenvalue weighted by atomic mass is 79.9. The number of ether oxygens (including phenoxy) is 1. The Kier molecular flexibility index (Phi) is 6.12. The predicted molar refractivity (Wildman–Crippen MR) is 149 cm³/mol. The normalized spacial score (nSPS) is 11.5. The number of rotatable bonds is 6. The van der Waals surface area contributed by atoms with E-state index in [1.54, 1.807) is 12.3 Å². The zero-order valence-electron chi connectivity index (χ0n) is 19.5. The lowest BCUT2D eigenvalue weighted by Gasteiger charge is -2.10. The molecule has 0 aliphatic rings. The van der Waals surface area contributed by atoms with E-state index in [2.05, 4.69) is 21.0 Å². The lowest BCUT2D eigenvalue weighted by molar-refractivity contribution is 0.306. The summed E-state index contributed by atoms with van der Waals surface area (Å²) in [6, 6.07) is 32.3. The fourth-order valence-corrected chi connectivity index (χ4v) is 4.33. The molecule has 0 radical (unpaired) electrons. The maximum absolute atomic E-state index is 13.5. The molecule has 0 aliphatic carbocycles. The van der Waals surface area contributed by atoms with Crippen LogP contribution in [-0.4, -0.2) is 15.9 Å². The van der Waals surface area contributed by atoms with Crippen LogP contribution in [0.15, 0.2) is 122 Å². The lowest BCUT2D eigenvalue weighted by Crippen LogP contribution is -2.20. The van der Waals surface area contributed by atoms with Crippen molar-refractivity contribution in [1.29, 1.82) is 0 Å². The minimum Gasteiger partial charge on any atom is -0.488 e. The van der Waals surface area contributed by atoms with Gasteiger partial charge in [0.2, 0.25) is 5.82 Å². The number of benzene rings is 4. The van der Waals surface area contributed by atoms with Crippen LogP contribution in [0.5, 0.6) is 5.75 Å². The third kappa shape index (κ3) is 4.69. The molecule has 2 aromatic heterocycles. The smallest absolute Gasteiger partial charge is 0.282 e. The van der Waals surface area contributed by atoms with E-state index < -0.39 is 0 Å². The summed E-state index contributed by atoms with van der Waals surface area (Å²) in [4.78, 5) is 18.3. The number of fused-ring (bicyclic) bond motifs is 2. The second kappa shape index (κ2) is 9.87. The zero-order valence-corrected chi connectivity index (χ0v) is 21.1. The third-order valence-electron chi connectivity index (χ3n) is 5.94. The molecule has 0 atom stereocenters. The molecule has 0 fully saturated rings. The Bertz CT molecular complexity index is 1790. The molecule has 0 bridgehead atoms. The van der Waals surface area contributed by atoms with Crippen LogP contribution in [0.2, 0.25) is 0 Å². The highest BCUT2D eigenvalue weighted by Crippen LogP contribution is 2.27. The van der Waals surface area contributed by atoms with Gasteiger partial charge in [0, 0.05) is 15.4 Å². The van der Waals surface area contributed by atoms with Crippen molar-refractivity contribution in [3.8, 4) is 17.3 Å². The van der Waals surface area contributed by atoms with Gasteiger partial charge in [0.25, 0.3) is 5.56 Å². The van der Waals surface area contributed by atoms with Gasteiger partial charge in [-0.15, -0.1) is 0 Å². The van der Waals surface area contributed by atoms with Crippen molar-refractivity contribution in [3.05, 3.63) is 129 Å². The van der Waals surface area contributed by atoms with E-state index in [-0.39, 0.29) is 5.56 Å². The summed E-state index contributed by atoms with van der Waals surface area (Å²) in [7, 11) is 0. The number of nitrogens with zero attached hydrogens (tertiary/aromatic N) is 3. The first-order valence-corrected chi connectivity index (χ1v) is 12.5. The number of para-hydroxylation sites is 3. The molecular weight excluding hydrogens is 530 g/mol. The maximum atomic E-state index is 13.5. The van der Waals surface area contributed by atoms with Crippen LogP contribution in [0.3, 0.4) is 0 Å². The Labute approximate surface area is 220 Å². The molecule has 0 saturated carbocycles. The topological polar surface area (TPSA) is 69.6 Å². The molecular formula is C30H20BrN3O3. The van der Waals surface area contributed by atoms with Gasteiger partial charge in [0.1, 0.15) is 17.9 Å². The monoisotopic (exact) mass is 549 g/mol. The molecule has 7 heteroatoms. The predicted octanol–water partition coefficient (Wildman–Crippen LogP) is 7.03. The highest BCUT2D eigenvalue weighted by Gasteiger charge is 2.16. The highest BCUT2D eigenvalue weighted by molar-refractivity contribution is 9.10. The van der Waals surface area contributed by atoms with Gasteiger partial charge in [-0.1, -0.05) is 70.5 Å². The minimum absolute atomic E-state index is 0.287. The molecule has 4 aromatic carbocycles. The average molecular weight is 550 g/mol. The largest absolute Gasteiger partial charge is 0.488 e. The summed E-state index contributed by atoms with van der Waals surface area (Å²) in [6.45, 7) is 0.403. The number of halogens is 1. The molecule has 0 amide bonds. The van der Waals surface area contributed by atoms with Crippen molar-refractivity contribution < 1.29 is 9.15 Å². The summed E-state index contributed by atoms with van der Waals surface area (Å²) < 4.78 is 14.4. The van der Waals surface area contributed by atoms with Crippen LogP contribution in [0.25, 0.3) is 33.5 Å². The fourth-order valence-electron chi connectivity index (χ4n) is 4.06. The molecule has 37 heavy (non-hydrogen) atoms. The van der Waals surface area contributed by atoms with Crippen molar-refractivity contribution in [1.82, 2.24) is 9.66 Å². The van der Waals surface area contributed by atoms with Crippen LogP contribution in [-0.2, 0) is 6.61 Å². The molecule has 0 aliphatic heterocycles. The van der Waals surface area contributed by atoms with E-state index >= 15 is 0 Å². The molecule has 6 nitrogen and oxygen atoms in total. The minimum atomic E-state index is -0.287. The Morgan fingerprint density at radius 2 is 1.68 bits per heavy atom. The number of aromatic nitrogens is 2. The van der Waals surface area contributed by atoms with Gasteiger partial charge in [-0.25, -0.2) is 4.98 Å². The van der Waals surface area contributed by atoms with Crippen molar-refractivity contribution in [2.45, 2.75) is 6.61 Å². The second-order valence-electron chi connectivity index (χ2n) is 8.42. The van der Waals surface area contributed by atoms with Gasteiger partial charge in [-0.05, 0) is 54.1 Å². The first kappa shape index (κ1) is 22.9. The Hall–Kier alpha value is -4.49. The average Bonchev–Trinajstić information content (AvgIpc) is 3.37. The zero-order chi connectivity index (χ0) is 25.2. The first-order valence-electron chi connectivity index (χ1n) is 11.7. The molecule has 0 unspecified atom stereocenters. The molecule has 6 rings (SSSR count).